The van der Waals surface area contributed by atoms with Crippen LogP contribution in [0.3, 0.4) is 0 Å². The maximum atomic E-state index is 12.3. The van der Waals surface area contributed by atoms with Gasteiger partial charge >= 0.3 is 12.1 Å². The summed E-state index contributed by atoms with van der Waals surface area (Å²) in [5.41, 5.74) is 4.56. The average molecular weight is 482 g/mol. The van der Waals surface area contributed by atoms with Crippen LogP contribution in [0.15, 0.2) is 12.1 Å². The van der Waals surface area contributed by atoms with Crippen LogP contribution in [0.1, 0.15) is 100 Å². The highest BCUT2D eigenvalue weighted by molar-refractivity contribution is 5.82. The van der Waals surface area contributed by atoms with Crippen molar-refractivity contribution in [1.29, 1.82) is 0 Å². The van der Waals surface area contributed by atoms with Gasteiger partial charge in [-0.1, -0.05) is 38.2 Å². The lowest BCUT2D eigenvalue weighted by molar-refractivity contribution is -0.145. The molecule has 0 saturated heterocycles. The van der Waals surface area contributed by atoms with Gasteiger partial charge in [-0.3, -0.25) is 4.79 Å². The van der Waals surface area contributed by atoms with E-state index >= 15 is 0 Å². The molecule has 1 amide bonds. The van der Waals surface area contributed by atoms with Gasteiger partial charge in [-0.15, -0.1) is 0 Å². The first-order valence-electron chi connectivity index (χ1n) is 13.6. The topological polar surface area (TPSA) is 84.7 Å². The zero-order valence-electron chi connectivity index (χ0n) is 21.2. The zero-order chi connectivity index (χ0) is 24.5. The van der Waals surface area contributed by atoms with E-state index in [1.165, 1.54) is 37.8 Å². The van der Waals surface area contributed by atoms with E-state index in [-0.39, 0.29) is 24.0 Å². The normalized spacial score (nSPS) is 24.2. The maximum absolute atomic E-state index is 12.3. The molecule has 0 radical (unpaired) electrons. The van der Waals surface area contributed by atoms with Gasteiger partial charge in [0, 0.05) is 24.1 Å². The van der Waals surface area contributed by atoms with Crippen LogP contribution in [0.5, 0.6) is 0 Å². The van der Waals surface area contributed by atoms with Crippen LogP contribution in [0.2, 0.25) is 0 Å². The molecule has 2 fully saturated rings. The second-order valence-electron chi connectivity index (χ2n) is 11.0. The Labute approximate surface area is 207 Å². The van der Waals surface area contributed by atoms with Gasteiger partial charge in [-0.05, 0) is 63.0 Å². The van der Waals surface area contributed by atoms with Crippen molar-refractivity contribution in [2.45, 2.75) is 96.1 Å². The zero-order valence-corrected chi connectivity index (χ0v) is 21.2. The number of aromatic nitrogens is 2. The Morgan fingerprint density at radius 2 is 1.86 bits per heavy atom. The molecule has 3 aliphatic rings. The second-order valence-corrected chi connectivity index (χ2v) is 11.0. The quantitative estimate of drug-likeness (QED) is 0.562. The molecule has 0 bridgehead atoms. The van der Waals surface area contributed by atoms with Crippen LogP contribution in [0.25, 0.3) is 11.0 Å². The molecule has 2 aliphatic carbocycles. The monoisotopic (exact) mass is 481 g/mol. The van der Waals surface area contributed by atoms with Gasteiger partial charge in [-0.25, -0.2) is 9.78 Å². The summed E-state index contributed by atoms with van der Waals surface area (Å²) in [5.74, 6) is 0.942. The number of hydrogen-bond acceptors (Lipinski definition) is 4. The number of hydrogen-bond donors (Lipinski definition) is 1. The number of benzene rings is 1. The fourth-order valence-corrected chi connectivity index (χ4v) is 6.97. The minimum Gasteiger partial charge on any atom is -0.481 e. The molecule has 1 N–H and O–H groups in total. The van der Waals surface area contributed by atoms with Gasteiger partial charge < -0.3 is 19.3 Å². The molecule has 1 aromatic heterocycles. The van der Waals surface area contributed by atoms with Crippen molar-refractivity contribution in [2.24, 2.45) is 11.8 Å². The van der Waals surface area contributed by atoms with Crippen LogP contribution < -0.4 is 0 Å². The van der Waals surface area contributed by atoms with E-state index < -0.39 is 5.97 Å². The van der Waals surface area contributed by atoms with E-state index in [4.69, 9.17) is 9.72 Å². The van der Waals surface area contributed by atoms with Crippen molar-refractivity contribution in [3.63, 3.8) is 0 Å². The number of nitrogens with zero attached hydrogens (tertiary/aromatic N) is 3. The highest BCUT2D eigenvalue weighted by Crippen LogP contribution is 2.41. The van der Waals surface area contributed by atoms with Crippen LogP contribution in [-0.4, -0.2) is 45.3 Å². The SMILES string of the molecule is COC(=O)N1CCc2ccc3c(nc(C4CCCCC4)n3[C@@H](C)C[C@@H]3CCCC[C@H]3C(=O)O)c2C1. The van der Waals surface area contributed by atoms with Crippen molar-refractivity contribution >= 4 is 23.1 Å². The fraction of sp³-hybridized carbons (Fsp3) is 0.679. The number of carbonyl (C=O) groups is 2. The third kappa shape index (κ3) is 4.66. The van der Waals surface area contributed by atoms with Gasteiger partial charge in [0.15, 0.2) is 0 Å². The first-order chi connectivity index (χ1) is 17.0. The largest absolute Gasteiger partial charge is 0.481 e. The lowest BCUT2D eigenvalue weighted by Gasteiger charge is -2.32. The van der Waals surface area contributed by atoms with Gasteiger partial charge in [0.05, 0.1) is 30.6 Å². The average Bonchev–Trinajstić information content (AvgIpc) is 3.29. The number of ether oxygens (including phenoxy) is 1. The first kappa shape index (κ1) is 24.1. The van der Waals surface area contributed by atoms with Crippen LogP contribution in [-0.2, 0) is 22.5 Å². The summed E-state index contributed by atoms with van der Waals surface area (Å²) < 4.78 is 7.45. The van der Waals surface area contributed by atoms with Crippen LogP contribution in [0.4, 0.5) is 4.79 Å². The molecule has 35 heavy (non-hydrogen) atoms. The van der Waals surface area contributed by atoms with Crippen molar-refractivity contribution in [2.75, 3.05) is 13.7 Å². The Morgan fingerprint density at radius 3 is 2.60 bits per heavy atom. The summed E-state index contributed by atoms with van der Waals surface area (Å²) in [5, 5.41) is 9.84. The number of methoxy groups -OCH3 is 1. The van der Waals surface area contributed by atoms with Crippen molar-refractivity contribution in [1.82, 2.24) is 14.5 Å². The molecule has 3 atom stereocenters. The summed E-state index contributed by atoms with van der Waals surface area (Å²) in [7, 11) is 1.44. The standard InChI is InChI=1S/C28H39N3O4/c1-18(16-21-10-6-7-11-22(21)27(32)33)31-24-13-12-19-14-15-30(28(34)35-2)17-23(19)25(24)29-26(31)20-8-4-3-5-9-20/h12-13,18,20-22H,3-11,14-17H2,1-2H3,(H,32,33)/t18-,21-,22+/m0/s1. The maximum Gasteiger partial charge on any atom is 0.409 e. The highest BCUT2D eigenvalue weighted by Gasteiger charge is 2.34. The van der Waals surface area contributed by atoms with E-state index in [2.05, 4.69) is 23.6 Å². The molecule has 0 unspecified atom stereocenters. The molecule has 1 aliphatic heterocycles. The molecule has 2 heterocycles. The fourth-order valence-electron chi connectivity index (χ4n) is 6.97. The Balaban J connectivity index is 1.55. The van der Waals surface area contributed by atoms with Crippen LogP contribution >= 0.6 is 0 Å². The molecule has 7 heteroatoms. The molecule has 0 spiro atoms. The number of carboxylic acids is 1. The summed E-state index contributed by atoms with van der Waals surface area (Å²) >= 11 is 0. The predicted octanol–water partition coefficient (Wildman–Crippen LogP) is 6.05. The lowest BCUT2D eigenvalue weighted by Crippen LogP contribution is -2.35. The van der Waals surface area contributed by atoms with E-state index in [9.17, 15) is 14.7 Å². The number of aliphatic carboxylic acids is 1. The van der Waals surface area contributed by atoms with E-state index in [1.54, 1.807) is 4.90 Å². The predicted molar refractivity (Wildman–Crippen MR) is 134 cm³/mol. The minimum absolute atomic E-state index is 0.181. The van der Waals surface area contributed by atoms with Gasteiger partial charge in [0.1, 0.15) is 5.82 Å². The van der Waals surface area contributed by atoms with Crippen molar-refractivity contribution in [3.05, 3.63) is 29.1 Å². The highest BCUT2D eigenvalue weighted by atomic mass is 16.5. The third-order valence-corrected chi connectivity index (χ3v) is 8.81. The number of carboxylic acid groups (broad SMARTS) is 1. The Hall–Kier alpha value is -2.57. The van der Waals surface area contributed by atoms with Crippen LogP contribution in [0, 0.1) is 11.8 Å². The molecular weight excluding hydrogens is 442 g/mol. The minimum atomic E-state index is -0.637. The van der Waals surface area contributed by atoms with E-state index in [0.29, 0.717) is 19.0 Å². The second kappa shape index (κ2) is 10.2. The summed E-state index contributed by atoms with van der Waals surface area (Å²) in [4.78, 5) is 31.3. The molecule has 7 nitrogen and oxygen atoms in total. The van der Waals surface area contributed by atoms with Gasteiger partial charge in [-0.2, -0.15) is 0 Å². The van der Waals surface area contributed by atoms with Crippen molar-refractivity contribution < 1.29 is 19.4 Å². The van der Waals surface area contributed by atoms with E-state index in [0.717, 1.165) is 68.0 Å². The Kier molecular flexibility index (Phi) is 7.03. The summed E-state index contributed by atoms with van der Waals surface area (Å²) in [6.45, 7) is 3.44. The number of fused-ring (bicyclic) bond motifs is 3. The van der Waals surface area contributed by atoms with Crippen molar-refractivity contribution in [3.8, 4) is 0 Å². The molecular formula is C28H39N3O4. The number of carbonyl (C=O) groups excluding carboxylic acids is 1. The molecule has 190 valence electrons. The number of rotatable bonds is 5. The van der Waals surface area contributed by atoms with Gasteiger partial charge in [0.2, 0.25) is 0 Å². The Morgan fingerprint density at radius 1 is 1.11 bits per heavy atom. The number of imidazole rings is 1. The smallest absolute Gasteiger partial charge is 0.409 e. The lowest BCUT2D eigenvalue weighted by atomic mass is 9.76. The Bertz CT molecular complexity index is 1090. The first-order valence-corrected chi connectivity index (χ1v) is 13.6. The van der Waals surface area contributed by atoms with E-state index in [1.807, 2.05) is 0 Å². The number of amides is 1. The third-order valence-electron chi connectivity index (χ3n) is 8.81. The molecule has 2 saturated carbocycles. The van der Waals surface area contributed by atoms with Gasteiger partial charge in [0.25, 0.3) is 0 Å². The molecule has 2 aromatic rings. The molecule has 5 rings (SSSR count). The molecule has 1 aromatic carbocycles. The summed E-state index contributed by atoms with van der Waals surface area (Å²) in [6.07, 6.45) is 11.4. The summed E-state index contributed by atoms with van der Waals surface area (Å²) in [6, 6.07) is 4.61.